The lowest BCUT2D eigenvalue weighted by Crippen LogP contribution is -2.52. The molecule has 27 heavy (non-hydrogen) atoms. The summed E-state index contributed by atoms with van der Waals surface area (Å²) in [5.41, 5.74) is 1.15. The highest BCUT2D eigenvalue weighted by Gasteiger charge is 2.21. The number of hydrogen-bond donors (Lipinski definition) is 1. The van der Waals surface area contributed by atoms with Crippen molar-refractivity contribution in [3.05, 3.63) is 53.6 Å². The van der Waals surface area contributed by atoms with Gasteiger partial charge in [0, 0.05) is 36.9 Å². The monoisotopic (exact) mass is 389 g/mol. The highest BCUT2D eigenvalue weighted by Crippen LogP contribution is 2.20. The van der Waals surface area contributed by atoms with Gasteiger partial charge < -0.3 is 24.6 Å². The lowest BCUT2D eigenvalue weighted by Gasteiger charge is -2.36. The Morgan fingerprint density at radius 2 is 1.63 bits per heavy atom. The number of piperazine rings is 1. The fourth-order valence-corrected chi connectivity index (χ4v) is 3.06. The smallest absolute Gasteiger partial charge is 0.317 e. The van der Waals surface area contributed by atoms with Crippen LogP contribution in [0.3, 0.4) is 0 Å². The van der Waals surface area contributed by atoms with Crippen LogP contribution in [0.15, 0.2) is 48.5 Å². The van der Waals surface area contributed by atoms with Crippen LogP contribution in [0.2, 0.25) is 5.02 Å². The summed E-state index contributed by atoms with van der Waals surface area (Å²) >= 11 is 5.84. The predicted molar refractivity (Wildman–Crippen MR) is 107 cm³/mol. The van der Waals surface area contributed by atoms with Gasteiger partial charge in [-0.25, -0.2) is 4.79 Å². The minimum absolute atomic E-state index is 0.0518. The van der Waals surface area contributed by atoms with Gasteiger partial charge in [-0.2, -0.15) is 0 Å². The SMILES string of the molecule is COc1ccc(N2CCN(C(=O)NCCOc3ccc(Cl)cc3)CC2)cc1. The van der Waals surface area contributed by atoms with E-state index in [1.807, 2.05) is 41.3 Å². The number of halogens is 1. The molecule has 0 unspecified atom stereocenters. The number of amides is 2. The molecular weight excluding hydrogens is 366 g/mol. The van der Waals surface area contributed by atoms with E-state index in [0.717, 1.165) is 30.3 Å². The van der Waals surface area contributed by atoms with E-state index >= 15 is 0 Å². The number of hydrogen-bond acceptors (Lipinski definition) is 4. The molecule has 0 atom stereocenters. The van der Waals surface area contributed by atoms with Gasteiger partial charge in [-0.15, -0.1) is 0 Å². The first-order valence-corrected chi connectivity index (χ1v) is 9.33. The molecule has 1 saturated heterocycles. The number of anilines is 1. The van der Waals surface area contributed by atoms with Gasteiger partial charge in [-0.1, -0.05) is 11.6 Å². The molecule has 2 amide bonds. The molecule has 1 aliphatic rings. The van der Waals surface area contributed by atoms with Gasteiger partial charge in [0.2, 0.25) is 0 Å². The highest BCUT2D eigenvalue weighted by molar-refractivity contribution is 6.30. The molecule has 1 fully saturated rings. The summed E-state index contributed by atoms with van der Waals surface area (Å²) in [4.78, 5) is 16.4. The molecule has 0 spiro atoms. The Hall–Kier alpha value is -2.60. The Labute approximate surface area is 164 Å². The maximum absolute atomic E-state index is 12.3. The van der Waals surface area contributed by atoms with Crippen molar-refractivity contribution in [1.82, 2.24) is 10.2 Å². The second kappa shape index (κ2) is 9.37. The fourth-order valence-electron chi connectivity index (χ4n) is 2.93. The Morgan fingerprint density at radius 1 is 1.00 bits per heavy atom. The zero-order valence-corrected chi connectivity index (χ0v) is 16.1. The fraction of sp³-hybridized carbons (Fsp3) is 0.350. The van der Waals surface area contributed by atoms with Crippen molar-refractivity contribution in [1.29, 1.82) is 0 Å². The molecule has 0 aliphatic carbocycles. The lowest BCUT2D eigenvalue weighted by molar-refractivity contribution is 0.191. The number of nitrogens with zero attached hydrogens (tertiary/aromatic N) is 2. The van der Waals surface area contributed by atoms with Crippen LogP contribution in [-0.4, -0.2) is 57.4 Å². The molecule has 0 aromatic heterocycles. The summed E-state index contributed by atoms with van der Waals surface area (Å²) in [5, 5.41) is 3.58. The van der Waals surface area contributed by atoms with Crippen LogP contribution in [0.25, 0.3) is 0 Å². The largest absolute Gasteiger partial charge is 0.497 e. The molecule has 2 aromatic rings. The Balaban J connectivity index is 1.37. The zero-order chi connectivity index (χ0) is 19.1. The molecule has 0 bridgehead atoms. The summed E-state index contributed by atoms with van der Waals surface area (Å²) in [7, 11) is 1.66. The average molecular weight is 390 g/mol. The lowest BCUT2D eigenvalue weighted by atomic mass is 10.2. The van der Waals surface area contributed by atoms with Crippen molar-refractivity contribution in [3.63, 3.8) is 0 Å². The van der Waals surface area contributed by atoms with E-state index in [0.29, 0.717) is 31.3 Å². The van der Waals surface area contributed by atoms with Crippen molar-refractivity contribution < 1.29 is 14.3 Å². The third-order valence-corrected chi connectivity index (χ3v) is 4.72. The zero-order valence-electron chi connectivity index (χ0n) is 15.4. The van der Waals surface area contributed by atoms with E-state index in [1.165, 1.54) is 0 Å². The molecular formula is C20H24ClN3O3. The normalized spacial score (nSPS) is 14.0. The number of methoxy groups -OCH3 is 1. The van der Waals surface area contributed by atoms with Gasteiger partial charge in [0.25, 0.3) is 0 Å². The van der Waals surface area contributed by atoms with Crippen LogP contribution in [0.5, 0.6) is 11.5 Å². The first-order chi connectivity index (χ1) is 13.2. The molecule has 1 N–H and O–H groups in total. The van der Waals surface area contributed by atoms with Gasteiger partial charge in [0.05, 0.1) is 13.7 Å². The molecule has 6 nitrogen and oxygen atoms in total. The maximum atomic E-state index is 12.3. The van der Waals surface area contributed by atoms with Crippen LogP contribution in [0.4, 0.5) is 10.5 Å². The number of carbonyl (C=O) groups excluding carboxylic acids is 1. The number of benzene rings is 2. The molecule has 1 heterocycles. The van der Waals surface area contributed by atoms with Crippen molar-refractivity contribution in [2.75, 3.05) is 51.3 Å². The standard InChI is InChI=1S/C20H24ClN3O3/c1-26-18-8-4-17(5-9-18)23-11-13-24(14-12-23)20(25)22-10-15-27-19-6-2-16(21)3-7-19/h2-9H,10-15H2,1H3,(H,22,25). The van der Waals surface area contributed by atoms with Crippen molar-refractivity contribution in [2.24, 2.45) is 0 Å². The first-order valence-electron chi connectivity index (χ1n) is 8.96. The van der Waals surface area contributed by atoms with Gasteiger partial charge in [-0.3, -0.25) is 0 Å². The predicted octanol–water partition coefficient (Wildman–Crippen LogP) is 3.26. The maximum Gasteiger partial charge on any atom is 0.317 e. The van der Waals surface area contributed by atoms with Crippen LogP contribution in [0.1, 0.15) is 0 Å². The van der Waals surface area contributed by atoms with Crippen LogP contribution < -0.4 is 19.7 Å². The van der Waals surface area contributed by atoms with Crippen molar-refractivity contribution >= 4 is 23.3 Å². The topological polar surface area (TPSA) is 54.0 Å². The molecule has 0 radical (unpaired) electrons. The van der Waals surface area contributed by atoms with Gasteiger partial charge in [-0.05, 0) is 48.5 Å². The van der Waals surface area contributed by atoms with E-state index in [4.69, 9.17) is 21.1 Å². The third kappa shape index (κ3) is 5.44. The summed E-state index contributed by atoms with van der Waals surface area (Å²) in [5.74, 6) is 1.58. The summed E-state index contributed by atoms with van der Waals surface area (Å²) in [6.07, 6.45) is 0. The number of nitrogens with one attached hydrogen (secondary N) is 1. The Kier molecular flexibility index (Phi) is 6.65. The molecule has 0 saturated carbocycles. The van der Waals surface area contributed by atoms with Gasteiger partial charge in [0.15, 0.2) is 0 Å². The minimum Gasteiger partial charge on any atom is -0.497 e. The number of urea groups is 1. The second-order valence-electron chi connectivity index (χ2n) is 6.21. The Morgan fingerprint density at radius 3 is 2.26 bits per heavy atom. The molecule has 2 aromatic carbocycles. The van der Waals surface area contributed by atoms with E-state index < -0.39 is 0 Å². The van der Waals surface area contributed by atoms with Crippen LogP contribution in [-0.2, 0) is 0 Å². The van der Waals surface area contributed by atoms with Gasteiger partial charge >= 0.3 is 6.03 Å². The third-order valence-electron chi connectivity index (χ3n) is 4.47. The van der Waals surface area contributed by atoms with E-state index in [9.17, 15) is 4.79 Å². The number of rotatable bonds is 6. The van der Waals surface area contributed by atoms with Crippen LogP contribution in [0, 0.1) is 0 Å². The molecule has 144 valence electrons. The highest BCUT2D eigenvalue weighted by atomic mass is 35.5. The second-order valence-corrected chi connectivity index (χ2v) is 6.64. The van der Waals surface area contributed by atoms with Gasteiger partial charge in [0.1, 0.15) is 18.1 Å². The van der Waals surface area contributed by atoms with E-state index in [2.05, 4.69) is 10.2 Å². The number of carbonyl (C=O) groups is 1. The molecule has 1 aliphatic heterocycles. The van der Waals surface area contributed by atoms with E-state index in [-0.39, 0.29) is 6.03 Å². The Bertz CT molecular complexity index is 729. The quantitative estimate of drug-likeness (QED) is 0.770. The van der Waals surface area contributed by atoms with Crippen molar-refractivity contribution in [2.45, 2.75) is 0 Å². The summed E-state index contributed by atoms with van der Waals surface area (Å²) < 4.78 is 10.8. The van der Waals surface area contributed by atoms with E-state index in [1.54, 1.807) is 19.2 Å². The average Bonchev–Trinajstić information content (AvgIpc) is 2.72. The minimum atomic E-state index is -0.0518. The van der Waals surface area contributed by atoms with Crippen molar-refractivity contribution in [3.8, 4) is 11.5 Å². The number of ether oxygens (including phenoxy) is 2. The summed E-state index contributed by atoms with van der Waals surface area (Å²) in [6, 6.07) is 15.1. The molecule has 7 heteroatoms. The molecule has 3 rings (SSSR count). The summed E-state index contributed by atoms with van der Waals surface area (Å²) in [6.45, 7) is 3.87. The van der Waals surface area contributed by atoms with Crippen LogP contribution >= 0.6 is 11.6 Å². The first kappa shape index (κ1) is 19.2.